The Kier molecular flexibility index (Phi) is 7.16. The molecule has 0 aliphatic rings. The average Bonchev–Trinajstić information content (AvgIpc) is 3.81. The van der Waals surface area contributed by atoms with Crippen LogP contribution in [0.1, 0.15) is 0 Å². The number of nitrogens with zero attached hydrogens (tertiary/aromatic N) is 5. The Morgan fingerprint density at radius 3 is 1.64 bits per heavy atom. The van der Waals surface area contributed by atoms with E-state index in [2.05, 4.69) is 191 Å². The maximum absolute atomic E-state index is 5.25. The van der Waals surface area contributed by atoms with Crippen LogP contribution in [0.3, 0.4) is 0 Å². The van der Waals surface area contributed by atoms with Crippen LogP contribution in [-0.2, 0) is 0 Å². The lowest BCUT2D eigenvalue weighted by molar-refractivity contribution is 1.07. The van der Waals surface area contributed by atoms with Crippen molar-refractivity contribution in [1.29, 1.82) is 0 Å². The van der Waals surface area contributed by atoms with E-state index in [9.17, 15) is 0 Å². The Morgan fingerprint density at radius 1 is 0.276 bits per heavy atom. The van der Waals surface area contributed by atoms with Crippen LogP contribution >= 0.6 is 0 Å². The van der Waals surface area contributed by atoms with E-state index in [1.165, 1.54) is 43.2 Å². The van der Waals surface area contributed by atoms with E-state index < -0.39 is 0 Å². The summed E-state index contributed by atoms with van der Waals surface area (Å²) in [6.07, 6.45) is 0. The highest BCUT2D eigenvalue weighted by Gasteiger charge is 2.19. The van der Waals surface area contributed by atoms with Crippen molar-refractivity contribution >= 4 is 65.2 Å². The molecule has 0 saturated heterocycles. The molecule has 9 aromatic carbocycles. The van der Waals surface area contributed by atoms with Gasteiger partial charge in [-0.25, -0.2) is 15.0 Å². The Labute approximate surface area is 333 Å². The predicted molar refractivity (Wildman–Crippen MR) is 240 cm³/mol. The molecule has 270 valence electrons. The molecule has 3 heterocycles. The Balaban J connectivity index is 1.08. The van der Waals surface area contributed by atoms with Gasteiger partial charge in [-0.3, -0.25) is 0 Å². The zero-order chi connectivity index (χ0) is 38.2. The minimum Gasteiger partial charge on any atom is -0.309 e. The minimum absolute atomic E-state index is 0.619. The molecule has 0 bridgehead atoms. The van der Waals surface area contributed by atoms with E-state index in [1.54, 1.807) is 0 Å². The molecule has 0 saturated carbocycles. The fourth-order valence-corrected chi connectivity index (χ4v) is 8.83. The molecule has 0 N–H and O–H groups in total. The van der Waals surface area contributed by atoms with Gasteiger partial charge in [0.15, 0.2) is 17.5 Å². The third kappa shape index (κ3) is 5.07. The summed E-state index contributed by atoms with van der Waals surface area (Å²) in [5, 5.41) is 9.63. The standard InChI is InChI=1S/C53H33N5/c1-3-15-35(16-4-1)51-54-52(56-53(55-51)39-27-29-48-45(32-39)43-24-11-12-25-47(43)57(48)40-20-5-2-6-21-40)38-19-13-22-41(30-38)58-49-33-37-18-8-7-17-36(37)31-46(49)44-28-26-34-14-9-10-23-42(34)50(44)58/h1-33H. The monoisotopic (exact) mass is 739 g/mol. The lowest BCUT2D eigenvalue weighted by atomic mass is 10.0. The molecule has 0 amide bonds. The summed E-state index contributed by atoms with van der Waals surface area (Å²) in [5.41, 5.74) is 9.58. The molecule has 58 heavy (non-hydrogen) atoms. The number of hydrogen-bond acceptors (Lipinski definition) is 3. The smallest absolute Gasteiger partial charge is 0.164 e. The molecule has 3 aromatic heterocycles. The zero-order valence-corrected chi connectivity index (χ0v) is 31.3. The number of benzene rings is 9. The Morgan fingerprint density at radius 2 is 0.845 bits per heavy atom. The maximum Gasteiger partial charge on any atom is 0.164 e. The molecule has 12 rings (SSSR count). The van der Waals surface area contributed by atoms with Crippen molar-refractivity contribution < 1.29 is 0 Å². The van der Waals surface area contributed by atoms with E-state index in [0.717, 1.165) is 50.0 Å². The predicted octanol–water partition coefficient (Wildman–Crippen LogP) is 13.4. The average molecular weight is 740 g/mol. The van der Waals surface area contributed by atoms with Gasteiger partial charge < -0.3 is 9.13 Å². The Bertz CT molecular complexity index is 3560. The molecule has 0 radical (unpaired) electrons. The molecule has 0 aliphatic heterocycles. The van der Waals surface area contributed by atoms with Crippen molar-refractivity contribution in [2.24, 2.45) is 0 Å². The molecule has 0 aliphatic carbocycles. The summed E-state index contributed by atoms with van der Waals surface area (Å²) in [5.74, 6) is 1.88. The lowest BCUT2D eigenvalue weighted by Crippen LogP contribution is -2.01. The zero-order valence-electron chi connectivity index (χ0n) is 31.3. The first-order valence-electron chi connectivity index (χ1n) is 19.6. The summed E-state index contributed by atoms with van der Waals surface area (Å²) in [4.78, 5) is 15.5. The van der Waals surface area contributed by atoms with Crippen molar-refractivity contribution in [3.63, 3.8) is 0 Å². The van der Waals surface area contributed by atoms with Crippen molar-refractivity contribution in [3.8, 4) is 45.5 Å². The normalized spacial score (nSPS) is 11.8. The number of aromatic nitrogens is 5. The first kappa shape index (κ1) is 32.4. The Hall–Kier alpha value is -7.89. The van der Waals surface area contributed by atoms with Crippen molar-refractivity contribution in [2.45, 2.75) is 0 Å². The highest BCUT2D eigenvalue weighted by atomic mass is 15.0. The molecule has 5 heteroatoms. The van der Waals surface area contributed by atoms with Crippen LogP contribution in [0.2, 0.25) is 0 Å². The summed E-state index contributed by atoms with van der Waals surface area (Å²) in [7, 11) is 0. The van der Waals surface area contributed by atoms with Crippen LogP contribution in [0.25, 0.3) is 111 Å². The van der Waals surface area contributed by atoms with Gasteiger partial charge in [0, 0.05) is 55.0 Å². The third-order valence-electron chi connectivity index (χ3n) is 11.5. The quantitative estimate of drug-likeness (QED) is 0.177. The van der Waals surface area contributed by atoms with Gasteiger partial charge in [-0.05, 0) is 76.8 Å². The van der Waals surface area contributed by atoms with Crippen LogP contribution < -0.4 is 0 Å². The first-order chi connectivity index (χ1) is 28.7. The first-order valence-corrected chi connectivity index (χ1v) is 19.6. The summed E-state index contributed by atoms with van der Waals surface area (Å²) in [6, 6.07) is 71.0. The van der Waals surface area contributed by atoms with E-state index in [0.29, 0.717) is 17.5 Å². The molecule has 5 nitrogen and oxygen atoms in total. The SMILES string of the molecule is c1ccc(-c2nc(-c3cccc(-n4c5cc6ccccc6cc5c5ccc6ccccc6c54)c3)nc(-c3ccc4c(c3)c3ccccc3n4-c3ccccc3)n2)cc1. The van der Waals surface area contributed by atoms with Gasteiger partial charge >= 0.3 is 0 Å². The van der Waals surface area contributed by atoms with Crippen LogP contribution in [0.15, 0.2) is 200 Å². The third-order valence-corrected chi connectivity index (χ3v) is 11.5. The van der Waals surface area contributed by atoms with E-state index in [1.807, 2.05) is 18.2 Å². The van der Waals surface area contributed by atoms with Crippen LogP contribution in [0.5, 0.6) is 0 Å². The molecular weight excluding hydrogens is 707 g/mol. The summed E-state index contributed by atoms with van der Waals surface area (Å²) in [6.45, 7) is 0. The van der Waals surface area contributed by atoms with Crippen LogP contribution in [0.4, 0.5) is 0 Å². The highest BCUT2D eigenvalue weighted by molar-refractivity contribution is 6.20. The molecule has 0 atom stereocenters. The second-order valence-corrected chi connectivity index (χ2v) is 14.9. The molecule has 0 spiro atoms. The molecular formula is C53H33N5. The topological polar surface area (TPSA) is 48.5 Å². The summed E-state index contributed by atoms with van der Waals surface area (Å²) >= 11 is 0. The second kappa shape index (κ2) is 12.8. The van der Waals surface area contributed by atoms with E-state index in [4.69, 9.17) is 15.0 Å². The van der Waals surface area contributed by atoms with Crippen LogP contribution in [-0.4, -0.2) is 24.1 Å². The van der Waals surface area contributed by atoms with Gasteiger partial charge in [-0.2, -0.15) is 0 Å². The van der Waals surface area contributed by atoms with E-state index >= 15 is 0 Å². The number of hydrogen-bond donors (Lipinski definition) is 0. The minimum atomic E-state index is 0.619. The molecule has 0 fully saturated rings. The molecule has 12 aromatic rings. The van der Waals surface area contributed by atoms with Crippen molar-refractivity contribution in [3.05, 3.63) is 200 Å². The number of fused-ring (bicyclic) bond motifs is 9. The number of rotatable bonds is 5. The fourth-order valence-electron chi connectivity index (χ4n) is 8.83. The largest absolute Gasteiger partial charge is 0.309 e. The lowest BCUT2D eigenvalue weighted by Gasteiger charge is -2.13. The molecule has 0 unspecified atom stereocenters. The van der Waals surface area contributed by atoms with Crippen molar-refractivity contribution in [1.82, 2.24) is 24.1 Å². The van der Waals surface area contributed by atoms with Gasteiger partial charge in [0.05, 0.1) is 22.1 Å². The van der Waals surface area contributed by atoms with Crippen LogP contribution in [0, 0.1) is 0 Å². The summed E-state index contributed by atoms with van der Waals surface area (Å²) < 4.78 is 4.74. The van der Waals surface area contributed by atoms with Gasteiger partial charge in [-0.15, -0.1) is 0 Å². The van der Waals surface area contributed by atoms with Gasteiger partial charge in [0.25, 0.3) is 0 Å². The van der Waals surface area contributed by atoms with Crippen molar-refractivity contribution in [2.75, 3.05) is 0 Å². The van der Waals surface area contributed by atoms with Gasteiger partial charge in [-0.1, -0.05) is 140 Å². The van der Waals surface area contributed by atoms with Gasteiger partial charge in [0.2, 0.25) is 0 Å². The number of para-hydroxylation sites is 2. The second-order valence-electron chi connectivity index (χ2n) is 14.9. The maximum atomic E-state index is 5.25. The van der Waals surface area contributed by atoms with Gasteiger partial charge in [0.1, 0.15) is 0 Å². The fraction of sp³-hybridized carbons (Fsp3) is 0. The van der Waals surface area contributed by atoms with E-state index in [-0.39, 0.29) is 0 Å². The highest BCUT2D eigenvalue weighted by Crippen LogP contribution is 2.40.